The molecule has 7 nitrogen and oxygen atoms in total. The molecule has 0 saturated heterocycles. The molecular formula is C22H28N3O4+. The lowest BCUT2D eigenvalue weighted by Gasteiger charge is -2.18. The summed E-state index contributed by atoms with van der Waals surface area (Å²) in [7, 11) is 3.31. The number of likely N-dealkylation sites (N-methyl/N-ethyl adjacent to an activating group) is 1. The molecule has 0 bridgehead atoms. The normalized spacial score (nSPS) is 12.5. The van der Waals surface area contributed by atoms with Crippen LogP contribution in [-0.4, -0.2) is 50.9 Å². The summed E-state index contributed by atoms with van der Waals surface area (Å²) in [6.07, 6.45) is 0.442. The molecule has 1 unspecified atom stereocenters. The number of hydrogen-bond acceptors (Lipinski definition) is 4. The number of ether oxygens (including phenoxy) is 1. The number of quaternary nitrogens is 1. The van der Waals surface area contributed by atoms with E-state index in [4.69, 9.17) is 4.74 Å². The highest BCUT2D eigenvalue weighted by Crippen LogP contribution is 2.16. The number of nitrogens with one attached hydrogen (secondary N) is 3. The number of amides is 2. The van der Waals surface area contributed by atoms with Crippen molar-refractivity contribution < 1.29 is 24.0 Å². The second kappa shape index (κ2) is 11.0. The van der Waals surface area contributed by atoms with E-state index in [1.165, 1.54) is 6.92 Å². The first-order chi connectivity index (χ1) is 13.9. The molecule has 2 atom stereocenters. The standard InChI is InChI=1S/C22H27N3O4/c1-16(26)20(12-17-8-5-4-6-9-17)24-22(28)15-25(2)14-21(27)23-18-10-7-11-19(13-18)29-3/h4-11,13,20H,12,14-15H2,1-3H3,(H,23,27)(H,24,28)/p+1/t20-/m0/s1. The van der Waals surface area contributed by atoms with Gasteiger partial charge in [-0.3, -0.25) is 14.4 Å². The molecule has 7 heteroatoms. The lowest BCUT2D eigenvalue weighted by atomic mass is 10.0. The predicted molar refractivity (Wildman–Crippen MR) is 111 cm³/mol. The molecule has 0 aliphatic rings. The van der Waals surface area contributed by atoms with Crippen LogP contribution in [0.15, 0.2) is 54.6 Å². The first-order valence-corrected chi connectivity index (χ1v) is 9.46. The van der Waals surface area contributed by atoms with E-state index in [1.807, 2.05) is 30.3 Å². The fourth-order valence-electron chi connectivity index (χ4n) is 2.91. The minimum atomic E-state index is -0.580. The number of carbonyl (C=O) groups is 3. The topological polar surface area (TPSA) is 88.9 Å². The highest BCUT2D eigenvalue weighted by atomic mass is 16.5. The molecule has 0 aliphatic carbocycles. The number of rotatable bonds is 10. The zero-order valence-corrected chi connectivity index (χ0v) is 17.0. The predicted octanol–water partition coefficient (Wildman–Crippen LogP) is 0.465. The van der Waals surface area contributed by atoms with Crippen molar-refractivity contribution in [1.82, 2.24) is 5.32 Å². The maximum absolute atomic E-state index is 12.3. The van der Waals surface area contributed by atoms with Crippen molar-refractivity contribution in [3.8, 4) is 5.75 Å². The summed E-state index contributed by atoms with van der Waals surface area (Å²) in [4.78, 5) is 37.2. The molecule has 0 heterocycles. The quantitative estimate of drug-likeness (QED) is 0.543. The molecule has 0 saturated carbocycles. The average molecular weight is 398 g/mol. The van der Waals surface area contributed by atoms with E-state index in [0.29, 0.717) is 22.8 Å². The molecular weight excluding hydrogens is 370 g/mol. The summed E-state index contributed by atoms with van der Waals surface area (Å²) in [5.41, 5.74) is 1.61. The zero-order valence-electron chi connectivity index (χ0n) is 17.0. The van der Waals surface area contributed by atoms with Crippen LogP contribution in [0, 0.1) is 0 Å². The second-order valence-corrected chi connectivity index (χ2v) is 7.01. The van der Waals surface area contributed by atoms with Gasteiger partial charge in [0.25, 0.3) is 11.8 Å². The Bertz CT molecular complexity index is 839. The van der Waals surface area contributed by atoms with Crippen molar-refractivity contribution in [3.05, 3.63) is 60.2 Å². The Morgan fingerprint density at radius 3 is 2.34 bits per heavy atom. The van der Waals surface area contributed by atoms with Crippen LogP contribution in [0.25, 0.3) is 0 Å². The van der Waals surface area contributed by atoms with Crippen molar-refractivity contribution in [2.45, 2.75) is 19.4 Å². The van der Waals surface area contributed by atoms with E-state index in [0.717, 1.165) is 5.56 Å². The maximum Gasteiger partial charge on any atom is 0.279 e. The smallest absolute Gasteiger partial charge is 0.279 e. The lowest BCUT2D eigenvalue weighted by Crippen LogP contribution is -3.11. The first-order valence-electron chi connectivity index (χ1n) is 9.46. The number of methoxy groups -OCH3 is 1. The van der Waals surface area contributed by atoms with Crippen LogP contribution in [0.2, 0.25) is 0 Å². The van der Waals surface area contributed by atoms with Crippen molar-refractivity contribution in [3.63, 3.8) is 0 Å². The van der Waals surface area contributed by atoms with Gasteiger partial charge in [-0.25, -0.2) is 0 Å². The molecule has 0 aromatic heterocycles. The summed E-state index contributed by atoms with van der Waals surface area (Å²) >= 11 is 0. The number of hydrogen-bond donors (Lipinski definition) is 3. The van der Waals surface area contributed by atoms with Gasteiger partial charge in [0.05, 0.1) is 20.2 Å². The maximum atomic E-state index is 12.3. The van der Waals surface area contributed by atoms with Gasteiger partial charge in [-0.05, 0) is 31.0 Å². The molecule has 0 aliphatic heterocycles. The molecule has 2 aromatic rings. The summed E-state index contributed by atoms with van der Waals surface area (Å²) in [5, 5.41) is 5.56. The molecule has 29 heavy (non-hydrogen) atoms. The van der Waals surface area contributed by atoms with Gasteiger partial charge in [-0.2, -0.15) is 0 Å². The number of ketones is 1. The molecule has 2 aromatic carbocycles. The van der Waals surface area contributed by atoms with Crippen LogP contribution in [-0.2, 0) is 20.8 Å². The van der Waals surface area contributed by atoms with Crippen molar-refractivity contribution in [2.24, 2.45) is 0 Å². The molecule has 0 fully saturated rings. The minimum Gasteiger partial charge on any atom is -0.497 e. The van der Waals surface area contributed by atoms with Gasteiger partial charge in [0, 0.05) is 11.8 Å². The van der Waals surface area contributed by atoms with Gasteiger partial charge in [-0.15, -0.1) is 0 Å². The number of Topliss-reactive ketones (excluding diaryl/α,β-unsaturated/α-hetero) is 1. The van der Waals surface area contributed by atoms with Crippen LogP contribution < -0.4 is 20.3 Å². The number of benzene rings is 2. The third-order valence-corrected chi connectivity index (χ3v) is 4.39. The monoisotopic (exact) mass is 398 g/mol. The Morgan fingerprint density at radius 1 is 1.00 bits per heavy atom. The fraction of sp³-hybridized carbons (Fsp3) is 0.318. The lowest BCUT2D eigenvalue weighted by molar-refractivity contribution is -0.862. The van der Waals surface area contributed by atoms with Crippen LogP contribution in [0.5, 0.6) is 5.75 Å². The molecule has 0 radical (unpaired) electrons. The van der Waals surface area contributed by atoms with Crippen molar-refractivity contribution in [1.29, 1.82) is 0 Å². The largest absolute Gasteiger partial charge is 0.497 e. The average Bonchev–Trinajstić information content (AvgIpc) is 2.68. The third-order valence-electron chi connectivity index (χ3n) is 4.39. The Balaban J connectivity index is 1.83. The van der Waals surface area contributed by atoms with E-state index in [1.54, 1.807) is 38.4 Å². The zero-order chi connectivity index (χ0) is 21.2. The summed E-state index contributed by atoms with van der Waals surface area (Å²) < 4.78 is 5.13. The summed E-state index contributed by atoms with van der Waals surface area (Å²) in [5.74, 6) is 0.0657. The van der Waals surface area contributed by atoms with Crippen LogP contribution in [0.3, 0.4) is 0 Å². The Hall–Kier alpha value is -3.19. The highest BCUT2D eigenvalue weighted by molar-refractivity contribution is 5.92. The SMILES string of the molecule is COc1cccc(NC(=O)C[NH+](C)CC(=O)N[C@@H](Cc2ccccc2)C(C)=O)c1. The Labute approximate surface area is 171 Å². The molecule has 0 spiro atoms. The number of carbonyl (C=O) groups excluding carboxylic acids is 3. The Kier molecular flexibility index (Phi) is 8.36. The van der Waals surface area contributed by atoms with Crippen LogP contribution >= 0.6 is 0 Å². The van der Waals surface area contributed by atoms with Crippen molar-refractivity contribution in [2.75, 3.05) is 32.6 Å². The fourth-order valence-corrected chi connectivity index (χ4v) is 2.91. The third kappa shape index (κ3) is 7.75. The van der Waals surface area contributed by atoms with Gasteiger partial charge in [0.2, 0.25) is 0 Å². The van der Waals surface area contributed by atoms with E-state index < -0.39 is 6.04 Å². The van der Waals surface area contributed by atoms with Crippen LogP contribution in [0.4, 0.5) is 5.69 Å². The molecule has 154 valence electrons. The van der Waals surface area contributed by atoms with Gasteiger partial charge < -0.3 is 20.3 Å². The molecule has 3 N–H and O–H groups in total. The molecule has 2 amide bonds. The van der Waals surface area contributed by atoms with E-state index in [-0.39, 0.29) is 30.7 Å². The van der Waals surface area contributed by atoms with E-state index in [2.05, 4.69) is 10.6 Å². The van der Waals surface area contributed by atoms with Gasteiger partial charge in [0.1, 0.15) is 5.75 Å². The number of anilines is 1. The molecule has 2 rings (SSSR count). The van der Waals surface area contributed by atoms with Crippen LogP contribution in [0.1, 0.15) is 12.5 Å². The van der Waals surface area contributed by atoms with E-state index in [9.17, 15) is 14.4 Å². The van der Waals surface area contributed by atoms with Gasteiger partial charge in [-0.1, -0.05) is 36.4 Å². The minimum absolute atomic E-state index is 0.0874. The second-order valence-electron chi connectivity index (χ2n) is 7.01. The first kappa shape index (κ1) is 22.1. The Morgan fingerprint density at radius 2 is 1.69 bits per heavy atom. The van der Waals surface area contributed by atoms with Crippen molar-refractivity contribution >= 4 is 23.3 Å². The van der Waals surface area contributed by atoms with E-state index >= 15 is 0 Å². The highest BCUT2D eigenvalue weighted by Gasteiger charge is 2.20. The summed E-state index contributed by atoms with van der Waals surface area (Å²) in [6, 6.07) is 16.0. The van der Waals surface area contributed by atoms with Gasteiger partial charge >= 0.3 is 0 Å². The summed E-state index contributed by atoms with van der Waals surface area (Å²) in [6.45, 7) is 1.67. The van der Waals surface area contributed by atoms with Gasteiger partial charge in [0.15, 0.2) is 18.9 Å².